The molecule has 1 aromatic heterocycles. The first-order valence-electron chi connectivity index (χ1n) is 5.23. The minimum absolute atomic E-state index is 0.0108. The number of hydrogen-bond donors (Lipinski definition) is 1. The van der Waals surface area contributed by atoms with Gasteiger partial charge in [0.05, 0.1) is 17.1 Å². The highest BCUT2D eigenvalue weighted by molar-refractivity contribution is 5.60. The number of nitrogens with zero attached hydrogens (tertiary/aromatic N) is 3. The van der Waals surface area contributed by atoms with Crippen LogP contribution in [0, 0.1) is 17.0 Å². The lowest BCUT2D eigenvalue weighted by Gasteiger charge is -2.25. The van der Waals surface area contributed by atoms with Crippen LogP contribution in [0.1, 0.15) is 19.5 Å². The predicted molar refractivity (Wildman–Crippen MR) is 64.2 cm³/mol. The molecule has 96 valence electrons. The summed E-state index contributed by atoms with van der Waals surface area (Å²) in [6.45, 7) is 5.87. The SMILES string of the molecule is COCC(C)(C)Nc1c([N+](=O)[O-])c(C)nn1C. The van der Waals surface area contributed by atoms with Crippen molar-refractivity contribution in [3.05, 3.63) is 15.8 Å². The molecule has 0 amide bonds. The van der Waals surface area contributed by atoms with Crippen LogP contribution in [-0.4, -0.2) is 34.0 Å². The maximum Gasteiger partial charge on any atom is 0.333 e. The summed E-state index contributed by atoms with van der Waals surface area (Å²) in [6, 6.07) is 0. The average molecular weight is 242 g/mol. The molecule has 0 saturated carbocycles. The van der Waals surface area contributed by atoms with Crippen LogP contribution in [0.25, 0.3) is 0 Å². The van der Waals surface area contributed by atoms with Gasteiger partial charge in [0.15, 0.2) is 0 Å². The van der Waals surface area contributed by atoms with Gasteiger partial charge in [0.25, 0.3) is 0 Å². The van der Waals surface area contributed by atoms with Crippen molar-refractivity contribution in [2.24, 2.45) is 7.05 Å². The largest absolute Gasteiger partial charge is 0.382 e. The van der Waals surface area contributed by atoms with Crippen molar-refractivity contribution in [1.82, 2.24) is 9.78 Å². The normalized spacial score (nSPS) is 11.6. The molecular weight excluding hydrogens is 224 g/mol. The number of ether oxygens (including phenoxy) is 1. The summed E-state index contributed by atoms with van der Waals surface area (Å²) in [7, 11) is 3.26. The molecule has 0 saturated heterocycles. The van der Waals surface area contributed by atoms with E-state index in [1.165, 1.54) is 4.68 Å². The van der Waals surface area contributed by atoms with E-state index in [1.54, 1.807) is 21.1 Å². The number of hydrogen-bond acceptors (Lipinski definition) is 5. The maximum absolute atomic E-state index is 11.0. The second kappa shape index (κ2) is 4.70. The monoisotopic (exact) mass is 242 g/mol. The summed E-state index contributed by atoms with van der Waals surface area (Å²) >= 11 is 0. The van der Waals surface area contributed by atoms with Gasteiger partial charge in [-0.2, -0.15) is 5.10 Å². The smallest absolute Gasteiger partial charge is 0.333 e. The molecule has 0 aliphatic carbocycles. The lowest BCUT2D eigenvalue weighted by atomic mass is 10.1. The van der Waals surface area contributed by atoms with E-state index in [-0.39, 0.29) is 5.69 Å². The molecule has 0 bridgehead atoms. The number of anilines is 1. The first-order chi connectivity index (χ1) is 7.78. The highest BCUT2D eigenvalue weighted by Gasteiger charge is 2.28. The van der Waals surface area contributed by atoms with E-state index in [0.29, 0.717) is 18.1 Å². The van der Waals surface area contributed by atoms with Gasteiger partial charge < -0.3 is 10.1 Å². The lowest BCUT2D eigenvalue weighted by Crippen LogP contribution is -2.36. The fraction of sp³-hybridized carbons (Fsp3) is 0.700. The molecule has 1 heterocycles. The first kappa shape index (κ1) is 13.4. The molecule has 1 rings (SSSR count). The summed E-state index contributed by atoms with van der Waals surface area (Å²) in [4.78, 5) is 10.6. The number of methoxy groups -OCH3 is 1. The molecule has 1 aromatic rings. The second-order valence-corrected chi connectivity index (χ2v) is 4.61. The number of nitrogens with one attached hydrogen (secondary N) is 1. The van der Waals surface area contributed by atoms with Gasteiger partial charge in [0.2, 0.25) is 5.82 Å². The van der Waals surface area contributed by atoms with E-state index in [0.717, 1.165) is 0 Å². The molecule has 17 heavy (non-hydrogen) atoms. The number of aryl methyl sites for hydroxylation is 2. The molecule has 7 nitrogen and oxygen atoms in total. The molecule has 0 fully saturated rings. The van der Waals surface area contributed by atoms with E-state index in [1.807, 2.05) is 13.8 Å². The van der Waals surface area contributed by atoms with Gasteiger partial charge in [0.1, 0.15) is 5.69 Å². The summed E-state index contributed by atoms with van der Waals surface area (Å²) in [5.74, 6) is 0.398. The van der Waals surface area contributed by atoms with Crippen LogP contribution in [0.5, 0.6) is 0 Å². The standard InChI is InChI=1S/C10H18N4O3/c1-7-8(14(15)16)9(13(4)12-7)11-10(2,3)6-17-5/h11H,6H2,1-5H3. The Bertz CT molecular complexity index is 425. The highest BCUT2D eigenvalue weighted by Crippen LogP contribution is 2.29. The quantitative estimate of drug-likeness (QED) is 0.624. The lowest BCUT2D eigenvalue weighted by molar-refractivity contribution is -0.384. The molecule has 0 spiro atoms. The van der Waals surface area contributed by atoms with Gasteiger partial charge >= 0.3 is 5.69 Å². The number of rotatable bonds is 5. The van der Waals surface area contributed by atoms with Gasteiger partial charge in [-0.1, -0.05) is 0 Å². The van der Waals surface area contributed by atoms with Crippen LogP contribution in [0.2, 0.25) is 0 Å². The number of nitro groups is 1. The Balaban J connectivity index is 3.10. The summed E-state index contributed by atoms with van der Waals surface area (Å²) < 4.78 is 6.54. The first-order valence-corrected chi connectivity index (χ1v) is 5.23. The predicted octanol–water partition coefficient (Wildman–Crippen LogP) is 1.47. The van der Waals surface area contributed by atoms with Crippen LogP contribution >= 0.6 is 0 Å². The Morgan fingerprint density at radius 3 is 2.65 bits per heavy atom. The van der Waals surface area contributed by atoms with Gasteiger partial charge in [-0.15, -0.1) is 0 Å². The third-order valence-corrected chi connectivity index (χ3v) is 2.34. The van der Waals surface area contributed by atoms with Crippen molar-refractivity contribution in [1.29, 1.82) is 0 Å². The van der Waals surface area contributed by atoms with E-state index >= 15 is 0 Å². The molecule has 0 aliphatic heterocycles. The van der Waals surface area contributed by atoms with Crippen LogP contribution in [0.3, 0.4) is 0 Å². The fourth-order valence-corrected chi connectivity index (χ4v) is 1.72. The van der Waals surface area contributed by atoms with Crippen molar-refractivity contribution in [2.45, 2.75) is 26.3 Å². The van der Waals surface area contributed by atoms with Gasteiger partial charge in [-0.3, -0.25) is 10.1 Å². The van der Waals surface area contributed by atoms with Gasteiger partial charge in [-0.25, -0.2) is 4.68 Å². The molecule has 1 N–H and O–H groups in total. The Morgan fingerprint density at radius 2 is 2.18 bits per heavy atom. The molecule has 0 aliphatic rings. The van der Waals surface area contributed by atoms with Crippen molar-refractivity contribution in [3.8, 4) is 0 Å². The third-order valence-electron chi connectivity index (χ3n) is 2.34. The van der Waals surface area contributed by atoms with E-state index in [9.17, 15) is 10.1 Å². The summed E-state index contributed by atoms with van der Waals surface area (Å²) in [6.07, 6.45) is 0. The van der Waals surface area contributed by atoms with Crippen molar-refractivity contribution in [3.63, 3.8) is 0 Å². The maximum atomic E-state index is 11.0. The molecule has 0 radical (unpaired) electrons. The zero-order valence-electron chi connectivity index (χ0n) is 10.8. The highest BCUT2D eigenvalue weighted by atomic mass is 16.6. The van der Waals surface area contributed by atoms with Crippen molar-refractivity contribution >= 4 is 11.5 Å². The molecule has 0 atom stereocenters. The zero-order chi connectivity index (χ0) is 13.2. The Morgan fingerprint density at radius 1 is 1.59 bits per heavy atom. The topological polar surface area (TPSA) is 82.2 Å². The van der Waals surface area contributed by atoms with E-state index < -0.39 is 10.5 Å². The van der Waals surface area contributed by atoms with Gasteiger partial charge in [-0.05, 0) is 20.8 Å². The Hall–Kier alpha value is -1.63. The minimum Gasteiger partial charge on any atom is -0.382 e. The number of aromatic nitrogens is 2. The van der Waals surface area contributed by atoms with Crippen LogP contribution in [-0.2, 0) is 11.8 Å². The summed E-state index contributed by atoms with van der Waals surface area (Å²) in [5, 5.41) is 18.1. The summed E-state index contributed by atoms with van der Waals surface area (Å²) in [5.41, 5.74) is 0.00428. The molecular formula is C10H18N4O3. The average Bonchev–Trinajstić information content (AvgIpc) is 2.40. The van der Waals surface area contributed by atoms with Crippen LogP contribution in [0.15, 0.2) is 0 Å². The van der Waals surface area contributed by atoms with Crippen molar-refractivity contribution in [2.75, 3.05) is 19.0 Å². The van der Waals surface area contributed by atoms with Crippen LogP contribution < -0.4 is 5.32 Å². The van der Waals surface area contributed by atoms with Gasteiger partial charge in [0, 0.05) is 14.2 Å². The fourth-order valence-electron chi connectivity index (χ4n) is 1.72. The molecule has 0 aromatic carbocycles. The minimum atomic E-state index is -0.423. The van der Waals surface area contributed by atoms with E-state index in [2.05, 4.69) is 10.4 Å². The van der Waals surface area contributed by atoms with Crippen molar-refractivity contribution < 1.29 is 9.66 Å². The third kappa shape index (κ3) is 2.94. The second-order valence-electron chi connectivity index (χ2n) is 4.61. The van der Waals surface area contributed by atoms with E-state index in [4.69, 9.17) is 4.74 Å². The molecule has 0 unspecified atom stereocenters. The Kier molecular flexibility index (Phi) is 3.72. The zero-order valence-corrected chi connectivity index (χ0v) is 10.8. The Labute approximate surface area is 99.9 Å². The molecule has 7 heteroatoms. The van der Waals surface area contributed by atoms with Crippen LogP contribution in [0.4, 0.5) is 11.5 Å².